The highest BCUT2D eigenvalue weighted by molar-refractivity contribution is 7.90. The van der Waals surface area contributed by atoms with Crippen molar-refractivity contribution in [2.75, 3.05) is 13.2 Å². The Labute approximate surface area is 178 Å². The maximum Gasteiger partial charge on any atom is 0.404 e. The third-order valence-corrected chi connectivity index (χ3v) is 5.93. The topological polar surface area (TPSA) is 118 Å². The van der Waals surface area contributed by atoms with E-state index >= 15 is 0 Å². The van der Waals surface area contributed by atoms with Crippen molar-refractivity contribution >= 4 is 22.4 Å². The Hall–Kier alpha value is -3.66. The molecule has 2 N–H and O–H groups in total. The molecule has 162 valence electrons. The molecule has 1 aromatic heterocycles. The molecule has 0 spiro atoms. The monoisotopic (exact) mass is 446 g/mol. The van der Waals surface area contributed by atoms with Gasteiger partial charge >= 0.3 is 6.09 Å². The van der Waals surface area contributed by atoms with Crippen molar-refractivity contribution in [3.8, 4) is 17.0 Å². The van der Waals surface area contributed by atoms with Crippen molar-refractivity contribution in [3.63, 3.8) is 0 Å². The Kier molecular flexibility index (Phi) is 6.71. The molecule has 0 bridgehead atoms. The lowest BCUT2D eigenvalue weighted by atomic mass is 10.1. The average molecular weight is 446 g/mol. The lowest BCUT2D eigenvalue weighted by Crippen LogP contribution is -2.15. The average Bonchev–Trinajstić information content (AvgIpc) is 3.19. The number of nitrogens with zero attached hydrogens (tertiary/aromatic N) is 1. The van der Waals surface area contributed by atoms with Gasteiger partial charge in [-0.3, -0.25) is 4.79 Å². The summed E-state index contributed by atoms with van der Waals surface area (Å²) in [6, 6.07) is 12.7. The second-order valence-corrected chi connectivity index (χ2v) is 8.22. The number of nitrogens with two attached hydrogens (primary N) is 1. The minimum atomic E-state index is -4.17. The van der Waals surface area contributed by atoms with Crippen LogP contribution in [0, 0.1) is 5.82 Å². The Morgan fingerprint density at radius 3 is 2.58 bits per heavy atom. The van der Waals surface area contributed by atoms with Crippen LogP contribution in [0.2, 0.25) is 0 Å². The van der Waals surface area contributed by atoms with Crippen molar-refractivity contribution < 1.29 is 31.9 Å². The van der Waals surface area contributed by atoms with Gasteiger partial charge < -0.3 is 15.2 Å². The smallest absolute Gasteiger partial charge is 0.404 e. The van der Waals surface area contributed by atoms with Gasteiger partial charge in [0.1, 0.15) is 11.6 Å². The third kappa shape index (κ3) is 5.10. The van der Waals surface area contributed by atoms with Gasteiger partial charge in [0.25, 0.3) is 10.0 Å². The predicted molar refractivity (Wildman–Crippen MR) is 110 cm³/mol. The second-order valence-electron chi connectivity index (χ2n) is 6.40. The minimum Gasteiger partial charge on any atom is -0.493 e. The fraction of sp³-hybridized carbons (Fsp3) is 0.143. The number of halogens is 1. The Balaban J connectivity index is 1.90. The summed E-state index contributed by atoms with van der Waals surface area (Å²) in [5, 5.41) is 0. The fourth-order valence-corrected chi connectivity index (χ4v) is 4.27. The molecular weight excluding hydrogens is 427 g/mol. The highest BCUT2D eigenvalue weighted by atomic mass is 32.2. The van der Waals surface area contributed by atoms with Gasteiger partial charge in [-0.05, 0) is 30.3 Å². The van der Waals surface area contributed by atoms with Crippen LogP contribution in [0.3, 0.4) is 0 Å². The molecule has 0 aliphatic rings. The molecule has 2 aromatic carbocycles. The van der Waals surface area contributed by atoms with Crippen LogP contribution in [0.25, 0.3) is 11.3 Å². The fourth-order valence-electron chi connectivity index (χ4n) is 2.85. The first-order chi connectivity index (χ1) is 14.8. The molecule has 3 aromatic rings. The van der Waals surface area contributed by atoms with Gasteiger partial charge in [0.15, 0.2) is 6.29 Å². The number of amides is 1. The Morgan fingerprint density at radius 2 is 1.87 bits per heavy atom. The van der Waals surface area contributed by atoms with Gasteiger partial charge in [-0.2, -0.15) is 0 Å². The summed E-state index contributed by atoms with van der Waals surface area (Å²) >= 11 is 0. The maximum absolute atomic E-state index is 14.3. The van der Waals surface area contributed by atoms with E-state index in [1.54, 1.807) is 12.1 Å². The first-order valence-electron chi connectivity index (χ1n) is 9.16. The zero-order chi connectivity index (χ0) is 22.4. The zero-order valence-corrected chi connectivity index (χ0v) is 17.0. The van der Waals surface area contributed by atoms with Gasteiger partial charge in [-0.1, -0.05) is 18.2 Å². The van der Waals surface area contributed by atoms with E-state index in [1.807, 2.05) is 0 Å². The first-order valence-corrected chi connectivity index (χ1v) is 10.6. The number of carbonyl (C=O) groups is 2. The number of aldehydes is 1. The van der Waals surface area contributed by atoms with Crippen LogP contribution in [0.15, 0.2) is 65.7 Å². The predicted octanol–water partition coefficient (Wildman–Crippen LogP) is 3.21. The maximum atomic E-state index is 14.3. The molecule has 3 rings (SSSR count). The molecule has 0 atom stereocenters. The van der Waals surface area contributed by atoms with Crippen LogP contribution in [0.4, 0.5) is 9.18 Å². The molecule has 0 radical (unpaired) electrons. The molecule has 1 heterocycles. The van der Waals surface area contributed by atoms with E-state index in [0.29, 0.717) is 12.7 Å². The van der Waals surface area contributed by atoms with E-state index in [2.05, 4.69) is 4.74 Å². The van der Waals surface area contributed by atoms with Crippen LogP contribution in [0.1, 0.15) is 16.8 Å². The molecule has 31 heavy (non-hydrogen) atoms. The second kappa shape index (κ2) is 9.43. The molecule has 10 heteroatoms. The Bertz CT molecular complexity index is 1210. The van der Waals surface area contributed by atoms with Crippen LogP contribution in [0.5, 0.6) is 5.75 Å². The summed E-state index contributed by atoms with van der Waals surface area (Å²) < 4.78 is 51.8. The highest BCUT2D eigenvalue weighted by Gasteiger charge is 2.23. The van der Waals surface area contributed by atoms with Crippen LogP contribution in [-0.4, -0.2) is 38.0 Å². The van der Waals surface area contributed by atoms with Gasteiger partial charge in [-0.25, -0.2) is 21.6 Å². The summed E-state index contributed by atoms with van der Waals surface area (Å²) in [6.07, 6.45) is 1.10. The summed E-state index contributed by atoms with van der Waals surface area (Å²) in [5.41, 5.74) is 5.02. The molecule has 0 saturated carbocycles. The van der Waals surface area contributed by atoms with E-state index in [-0.39, 0.29) is 40.7 Å². The number of ether oxygens (including phenoxy) is 2. The van der Waals surface area contributed by atoms with E-state index in [4.69, 9.17) is 10.5 Å². The van der Waals surface area contributed by atoms with Gasteiger partial charge in [-0.15, -0.1) is 0 Å². The van der Waals surface area contributed by atoms with E-state index in [0.717, 1.165) is 10.2 Å². The lowest BCUT2D eigenvalue weighted by Gasteiger charge is -2.13. The van der Waals surface area contributed by atoms with Crippen molar-refractivity contribution in [2.45, 2.75) is 11.3 Å². The number of carbonyl (C=O) groups excluding carboxylic acids is 2. The number of aromatic nitrogens is 1. The van der Waals surface area contributed by atoms with Crippen LogP contribution >= 0.6 is 0 Å². The molecule has 0 aliphatic carbocycles. The van der Waals surface area contributed by atoms with E-state index < -0.39 is 21.9 Å². The number of rotatable bonds is 9. The number of hydrogen-bond acceptors (Lipinski definition) is 6. The zero-order valence-electron chi connectivity index (χ0n) is 16.2. The summed E-state index contributed by atoms with van der Waals surface area (Å²) in [6.45, 7) is 0.229. The quantitative estimate of drug-likeness (QED) is 0.398. The standard InChI is InChI=1S/C21H19FN2O6S/c22-19-8-2-1-7-18(19)20-11-15(14-25)13-24(20)31(27,28)17-6-3-5-16(12-17)29-9-4-10-30-21(23)26/h1-3,5-8,11-14H,4,9-10H2,(H2,23,26). The van der Waals surface area contributed by atoms with Crippen molar-refractivity contribution in [3.05, 3.63) is 72.2 Å². The molecule has 8 nitrogen and oxygen atoms in total. The van der Waals surface area contributed by atoms with Crippen molar-refractivity contribution in [2.24, 2.45) is 5.73 Å². The number of primary amides is 1. The van der Waals surface area contributed by atoms with E-state index in [9.17, 15) is 22.4 Å². The minimum absolute atomic E-state index is 0.0233. The van der Waals surface area contributed by atoms with Crippen LogP contribution in [-0.2, 0) is 14.8 Å². The molecule has 0 fully saturated rings. The van der Waals surface area contributed by atoms with Gasteiger partial charge in [0, 0.05) is 29.8 Å². The molecule has 0 aliphatic heterocycles. The third-order valence-electron chi connectivity index (χ3n) is 4.26. The Morgan fingerprint density at radius 1 is 1.10 bits per heavy atom. The molecule has 1 amide bonds. The first kappa shape index (κ1) is 22.0. The summed E-state index contributed by atoms with van der Waals surface area (Å²) in [4.78, 5) is 21.7. The van der Waals surface area contributed by atoms with E-state index in [1.165, 1.54) is 42.5 Å². The molecule has 0 saturated heterocycles. The molecule has 0 unspecified atom stereocenters. The molecular formula is C21H19FN2O6S. The normalized spacial score (nSPS) is 11.1. The van der Waals surface area contributed by atoms with Crippen LogP contribution < -0.4 is 10.5 Å². The SMILES string of the molecule is NC(=O)OCCCOc1cccc(S(=O)(=O)n2cc(C=O)cc2-c2ccccc2F)c1. The van der Waals surface area contributed by atoms with Gasteiger partial charge in [0.05, 0.1) is 23.8 Å². The van der Waals surface area contributed by atoms with Gasteiger partial charge in [0.2, 0.25) is 0 Å². The number of benzene rings is 2. The van der Waals surface area contributed by atoms with Crippen molar-refractivity contribution in [1.82, 2.24) is 3.97 Å². The summed E-state index contributed by atoms with van der Waals surface area (Å²) in [5.74, 6) is -0.347. The number of hydrogen-bond donors (Lipinski definition) is 1. The largest absolute Gasteiger partial charge is 0.493 e. The van der Waals surface area contributed by atoms with Crippen molar-refractivity contribution in [1.29, 1.82) is 0 Å². The summed E-state index contributed by atoms with van der Waals surface area (Å²) in [7, 11) is -4.17. The highest BCUT2D eigenvalue weighted by Crippen LogP contribution is 2.29. The lowest BCUT2D eigenvalue weighted by molar-refractivity contribution is 0.112.